The molecule has 0 amide bonds. The topological polar surface area (TPSA) is 37.0 Å². The molecule has 2 aromatic rings. The summed E-state index contributed by atoms with van der Waals surface area (Å²) in [4.78, 5) is 4.47. The SMILES string of the molecule is CCNc1cccc(NCCc2ccccc2)n1. The normalized spacial score (nSPS) is 10.1. The van der Waals surface area contributed by atoms with E-state index in [1.165, 1.54) is 5.56 Å². The van der Waals surface area contributed by atoms with E-state index in [0.717, 1.165) is 31.1 Å². The molecule has 0 aliphatic carbocycles. The molecule has 0 aliphatic rings. The highest BCUT2D eigenvalue weighted by atomic mass is 15.1. The zero-order valence-electron chi connectivity index (χ0n) is 10.7. The summed E-state index contributed by atoms with van der Waals surface area (Å²) < 4.78 is 0. The van der Waals surface area contributed by atoms with Gasteiger partial charge in [-0.05, 0) is 31.0 Å². The van der Waals surface area contributed by atoms with Gasteiger partial charge >= 0.3 is 0 Å². The third kappa shape index (κ3) is 3.77. The molecular formula is C15H19N3. The molecule has 0 radical (unpaired) electrons. The number of hydrogen-bond donors (Lipinski definition) is 2. The van der Waals surface area contributed by atoms with Gasteiger partial charge in [-0.15, -0.1) is 0 Å². The van der Waals surface area contributed by atoms with Gasteiger partial charge in [0.1, 0.15) is 11.6 Å². The Kier molecular flexibility index (Phi) is 4.59. The lowest BCUT2D eigenvalue weighted by molar-refractivity contribution is 1.00. The summed E-state index contributed by atoms with van der Waals surface area (Å²) in [7, 11) is 0. The third-order valence-electron chi connectivity index (χ3n) is 2.67. The summed E-state index contributed by atoms with van der Waals surface area (Å²) in [5.41, 5.74) is 1.34. The number of benzene rings is 1. The highest BCUT2D eigenvalue weighted by Crippen LogP contribution is 2.09. The zero-order valence-corrected chi connectivity index (χ0v) is 10.7. The summed E-state index contributed by atoms with van der Waals surface area (Å²) in [6.45, 7) is 3.85. The Morgan fingerprint density at radius 3 is 2.33 bits per heavy atom. The van der Waals surface area contributed by atoms with Crippen LogP contribution in [0.4, 0.5) is 11.6 Å². The van der Waals surface area contributed by atoms with E-state index in [2.05, 4.69) is 46.8 Å². The fraction of sp³-hybridized carbons (Fsp3) is 0.267. The van der Waals surface area contributed by atoms with Gasteiger partial charge in [0.05, 0.1) is 0 Å². The van der Waals surface area contributed by atoms with Crippen LogP contribution in [0.2, 0.25) is 0 Å². The van der Waals surface area contributed by atoms with E-state index in [1.807, 2.05) is 24.3 Å². The first kappa shape index (κ1) is 12.4. The molecule has 0 fully saturated rings. The number of nitrogens with zero attached hydrogens (tertiary/aromatic N) is 1. The van der Waals surface area contributed by atoms with Crippen LogP contribution in [-0.2, 0) is 6.42 Å². The first-order valence-electron chi connectivity index (χ1n) is 6.37. The zero-order chi connectivity index (χ0) is 12.6. The van der Waals surface area contributed by atoms with Crippen LogP contribution in [0.5, 0.6) is 0 Å². The van der Waals surface area contributed by atoms with Crippen molar-refractivity contribution in [2.24, 2.45) is 0 Å². The molecule has 1 heterocycles. The van der Waals surface area contributed by atoms with E-state index in [-0.39, 0.29) is 0 Å². The molecule has 3 nitrogen and oxygen atoms in total. The second-order valence-electron chi connectivity index (χ2n) is 4.10. The maximum Gasteiger partial charge on any atom is 0.128 e. The molecule has 2 rings (SSSR count). The fourth-order valence-corrected chi connectivity index (χ4v) is 1.79. The van der Waals surface area contributed by atoms with Gasteiger partial charge < -0.3 is 10.6 Å². The highest BCUT2D eigenvalue weighted by Gasteiger charge is 1.96. The molecule has 1 aromatic heterocycles. The number of aromatic nitrogens is 1. The van der Waals surface area contributed by atoms with E-state index < -0.39 is 0 Å². The Hall–Kier alpha value is -2.03. The molecule has 3 heteroatoms. The summed E-state index contributed by atoms with van der Waals surface area (Å²) in [5, 5.41) is 6.55. The minimum Gasteiger partial charge on any atom is -0.370 e. The summed E-state index contributed by atoms with van der Waals surface area (Å²) in [6.07, 6.45) is 1.01. The molecule has 0 atom stereocenters. The lowest BCUT2D eigenvalue weighted by Gasteiger charge is -2.08. The number of pyridine rings is 1. The van der Waals surface area contributed by atoms with Crippen molar-refractivity contribution in [3.8, 4) is 0 Å². The van der Waals surface area contributed by atoms with Crippen LogP contribution in [0.25, 0.3) is 0 Å². The van der Waals surface area contributed by atoms with Gasteiger partial charge in [-0.25, -0.2) is 4.98 Å². The van der Waals surface area contributed by atoms with Crippen molar-refractivity contribution in [1.29, 1.82) is 0 Å². The van der Waals surface area contributed by atoms with Crippen molar-refractivity contribution < 1.29 is 0 Å². The average molecular weight is 241 g/mol. The lowest BCUT2D eigenvalue weighted by atomic mass is 10.1. The highest BCUT2D eigenvalue weighted by molar-refractivity contribution is 5.45. The summed E-state index contributed by atoms with van der Waals surface area (Å²) in [5.74, 6) is 1.84. The Balaban J connectivity index is 1.84. The van der Waals surface area contributed by atoms with Crippen LogP contribution in [0.3, 0.4) is 0 Å². The average Bonchev–Trinajstić information content (AvgIpc) is 2.41. The van der Waals surface area contributed by atoms with Crippen molar-refractivity contribution in [3.05, 3.63) is 54.1 Å². The molecule has 1 aromatic carbocycles. The van der Waals surface area contributed by atoms with Gasteiger partial charge in [0, 0.05) is 13.1 Å². The van der Waals surface area contributed by atoms with Crippen LogP contribution in [0, 0.1) is 0 Å². The van der Waals surface area contributed by atoms with E-state index in [0.29, 0.717) is 0 Å². The fourth-order valence-electron chi connectivity index (χ4n) is 1.79. The summed E-state index contributed by atoms with van der Waals surface area (Å²) in [6, 6.07) is 16.4. The van der Waals surface area contributed by atoms with E-state index >= 15 is 0 Å². The second-order valence-corrected chi connectivity index (χ2v) is 4.10. The third-order valence-corrected chi connectivity index (χ3v) is 2.67. The van der Waals surface area contributed by atoms with Crippen molar-refractivity contribution in [2.75, 3.05) is 23.7 Å². The Labute approximate surface area is 108 Å². The summed E-state index contributed by atoms with van der Waals surface area (Å²) >= 11 is 0. The van der Waals surface area contributed by atoms with Crippen molar-refractivity contribution in [2.45, 2.75) is 13.3 Å². The molecule has 0 saturated heterocycles. The van der Waals surface area contributed by atoms with Gasteiger partial charge in [-0.2, -0.15) is 0 Å². The van der Waals surface area contributed by atoms with Crippen LogP contribution in [-0.4, -0.2) is 18.1 Å². The van der Waals surface area contributed by atoms with E-state index in [9.17, 15) is 0 Å². The smallest absolute Gasteiger partial charge is 0.128 e. The molecule has 2 N–H and O–H groups in total. The number of nitrogens with one attached hydrogen (secondary N) is 2. The maximum atomic E-state index is 4.47. The van der Waals surface area contributed by atoms with Gasteiger partial charge in [0.25, 0.3) is 0 Å². The maximum absolute atomic E-state index is 4.47. The van der Waals surface area contributed by atoms with Crippen molar-refractivity contribution >= 4 is 11.6 Å². The minimum atomic E-state index is 0.889. The van der Waals surface area contributed by atoms with Crippen molar-refractivity contribution in [1.82, 2.24) is 4.98 Å². The predicted octanol–water partition coefficient (Wildman–Crippen LogP) is 3.17. The lowest BCUT2D eigenvalue weighted by Crippen LogP contribution is -2.07. The molecule has 0 saturated carbocycles. The number of hydrogen-bond acceptors (Lipinski definition) is 3. The predicted molar refractivity (Wildman–Crippen MR) is 77.0 cm³/mol. The standard InChI is InChI=1S/C15H19N3/c1-2-16-14-9-6-10-15(18-14)17-12-11-13-7-4-3-5-8-13/h3-10H,2,11-12H2,1H3,(H2,16,17,18). The van der Waals surface area contributed by atoms with Crippen LogP contribution >= 0.6 is 0 Å². The molecule has 0 unspecified atom stereocenters. The Bertz CT molecular complexity index is 468. The van der Waals surface area contributed by atoms with Gasteiger partial charge in [0.15, 0.2) is 0 Å². The molecule has 0 bridgehead atoms. The van der Waals surface area contributed by atoms with Gasteiger partial charge in [-0.1, -0.05) is 36.4 Å². The van der Waals surface area contributed by atoms with Crippen LogP contribution < -0.4 is 10.6 Å². The van der Waals surface area contributed by atoms with Crippen LogP contribution in [0.1, 0.15) is 12.5 Å². The number of anilines is 2. The molecule has 94 valence electrons. The Morgan fingerprint density at radius 1 is 0.889 bits per heavy atom. The quantitative estimate of drug-likeness (QED) is 0.815. The monoisotopic (exact) mass is 241 g/mol. The number of rotatable bonds is 6. The molecule has 0 aliphatic heterocycles. The minimum absolute atomic E-state index is 0.889. The Morgan fingerprint density at radius 2 is 1.61 bits per heavy atom. The molecule has 0 spiro atoms. The molecular weight excluding hydrogens is 222 g/mol. The second kappa shape index (κ2) is 6.64. The van der Waals surface area contributed by atoms with Gasteiger partial charge in [-0.3, -0.25) is 0 Å². The van der Waals surface area contributed by atoms with Gasteiger partial charge in [0.2, 0.25) is 0 Å². The van der Waals surface area contributed by atoms with Crippen LogP contribution in [0.15, 0.2) is 48.5 Å². The first-order chi connectivity index (χ1) is 8.88. The molecule has 18 heavy (non-hydrogen) atoms. The first-order valence-corrected chi connectivity index (χ1v) is 6.37. The van der Waals surface area contributed by atoms with Crippen molar-refractivity contribution in [3.63, 3.8) is 0 Å². The van der Waals surface area contributed by atoms with E-state index in [4.69, 9.17) is 0 Å². The van der Waals surface area contributed by atoms with E-state index in [1.54, 1.807) is 0 Å². The largest absolute Gasteiger partial charge is 0.370 e.